The highest BCUT2D eigenvalue weighted by Crippen LogP contribution is 2.54. The van der Waals surface area contributed by atoms with Crippen LogP contribution in [0.2, 0.25) is 0 Å². The van der Waals surface area contributed by atoms with Gasteiger partial charge >= 0.3 is 5.97 Å². The standard InChI is InChI=1S/C20H20O4/c1-3-9-23-17-6-4-5-14-18(17)16(21)10-15-13-11-24-19(22)12(13)7-8-20(14,15)2/h3-6,15H,1,7-11H2,2H3/t15-,20+/m0/s1. The third-order valence-electron chi connectivity index (χ3n) is 5.74. The number of hydrogen-bond donors (Lipinski definition) is 0. The summed E-state index contributed by atoms with van der Waals surface area (Å²) in [5, 5.41) is 0. The number of benzene rings is 1. The van der Waals surface area contributed by atoms with Crippen LogP contribution >= 0.6 is 0 Å². The van der Waals surface area contributed by atoms with E-state index < -0.39 is 0 Å². The summed E-state index contributed by atoms with van der Waals surface area (Å²) in [6, 6.07) is 5.82. The van der Waals surface area contributed by atoms with Crippen molar-refractivity contribution < 1.29 is 19.1 Å². The van der Waals surface area contributed by atoms with Crippen LogP contribution in [-0.2, 0) is 14.9 Å². The molecule has 4 nitrogen and oxygen atoms in total. The Bertz CT molecular complexity index is 789. The van der Waals surface area contributed by atoms with Crippen LogP contribution in [0.1, 0.15) is 42.1 Å². The van der Waals surface area contributed by atoms with Crippen molar-refractivity contribution in [2.75, 3.05) is 13.2 Å². The number of Topliss-reactive ketones (excluding diaryl/α,β-unsaturated/α-hetero) is 1. The SMILES string of the molecule is C=CCOc1cccc2c1C(=O)C[C@H]1C3=C(CC[C@]21C)C(=O)OC3. The Hall–Kier alpha value is -2.36. The lowest BCUT2D eigenvalue weighted by Crippen LogP contribution is -2.43. The Morgan fingerprint density at radius 1 is 1.42 bits per heavy atom. The minimum absolute atomic E-state index is 0.0438. The lowest BCUT2D eigenvalue weighted by Gasteiger charge is -2.46. The summed E-state index contributed by atoms with van der Waals surface area (Å²) in [4.78, 5) is 24.8. The molecule has 0 fully saturated rings. The number of fused-ring (bicyclic) bond motifs is 4. The van der Waals surface area contributed by atoms with Gasteiger partial charge in [0.1, 0.15) is 19.0 Å². The molecule has 0 N–H and O–H groups in total. The van der Waals surface area contributed by atoms with Gasteiger partial charge in [-0.05, 0) is 30.0 Å². The van der Waals surface area contributed by atoms with Crippen molar-refractivity contribution in [3.8, 4) is 5.75 Å². The van der Waals surface area contributed by atoms with E-state index in [1.54, 1.807) is 6.08 Å². The Morgan fingerprint density at radius 2 is 2.25 bits per heavy atom. The number of carbonyl (C=O) groups is 2. The summed E-state index contributed by atoms with van der Waals surface area (Å²) in [5.41, 5.74) is 3.41. The molecule has 4 heteroatoms. The van der Waals surface area contributed by atoms with E-state index >= 15 is 0 Å². The molecule has 1 heterocycles. The van der Waals surface area contributed by atoms with Crippen LogP contribution in [-0.4, -0.2) is 25.0 Å². The normalized spacial score (nSPS) is 28.0. The molecule has 3 aliphatic rings. The lowest BCUT2D eigenvalue weighted by atomic mass is 9.56. The summed E-state index contributed by atoms with van der Waals surface area (Å²) in [7, 11) is 0. The second-order valence-electron chi connectivity index (χ2n) is 6.96. The zero-order chi connectivity index (χ0) is 16.9. The molecular weight excluding hydrogens is 304 g/mol. The third kappa shape index (κ3) is 1.98. The summed E-state index contributed by atoms with van der Waals surface area (Å²) >= 11 is 0. The second kappa shape index (κ2) is 5.33. The van der Waals surface area contributed by atoms with Gasteiger partial charge < -0.3 is 9.47 Å². The number of esters is 1. The molecule has 0 spiro atoms. The molecule has 2 aliphatic carbocycles. The quantitative estimate of drug-likeness (QED) is 0.632. The Morgan fingerprint density at radius 3 is 3.04 bits per heavy atom. The minimum atomic E-state index is -0.201. The highest BCUT2D eigenvalue weighted by molar-refractivity contribution is 6.03. The van der Waals surface area contributed by atoms with E-state index in [9.17, 15) is 9.59 Å². The van der Waals surface area contributed by atoms with Crippen molar-refractivity contribution in [3.05, 3.63) is 53.1 Å². The lowest BCUT2D eigenvalue weighted by molar-refractivity contribution is -0.136. The zero-order valence-corrected chi connectivity index (χ0v) is 13.8. The van der Waals surface area contributed by atoms with Gasteiger partial charge in [-0.15, -0.1) is 0 Å². The number of ether oxygens (including phenoxy) is 2. The predicted molar refractivity (Wildman–Crippen MR) is 89.1 cm³/mol. The van der Waals surface area contributed by atoms with Gasteiger partial charge in [-0.3, -0.25) is 4.79 Å². The van der Waals surface area contributed by atoms with E-state index in [2.05, 4.69) is 13.5 Å². The Balaban J connectivity index is 1.84. The van der Waals surface area contributed by atoms with Crippen molar-refractivity contribution in [2.24, 2.45) is 5.92 Å². The van der Waals surface area contributed by atoms with Gasteiger partial charge in [0, 0.05) is 23.3 Å². The van der Waals surface area contributed by atoms with E-state index in [0.717, 1.165) is 23.1 Å². The summed E-state index contributed by atoms with van der Waals surface area (Å²) in [6.45, 7) is 6.58. The van der Waals surface area contributed by atoms with Gasteiger partial charge in [-0.2, -0.15) is 0 Å². The minimum Gasteiger partial charge on any atom is -0.489 e. The predicted octanol–water partition coefficient (Wildman–Crippen LogP) is 3.36. The molecule has 1 aromatic rings. The van der Waals surface area contributed by atoms with Gasteiger partial charge in [-0.25, -0.2) is 4.79 Å². The van der Waals surface area contributed by atoms with E-state index in [1.165, 1.54) is 0 Å². The molecule has 0 bridgehead atoms. The monoisotopic (exact) mass is 324 g/mol. The first-order valence-electron chi connectivity index (χ1n) is 8.35. The summed E-state index contributed by atoms with van der Waals surface area (Å²) < 4.78 is 11.0. The Labute approximate surface area is 141 Å². The molecule has 0 amide bonds. The average Bonchev–Trinajstić information content (AvgIpc) is 2.95. The second-order valence-corrected chi connectivity index (χ2v) is 6.96. The highest BCUT2D eigenvalue weighted by Gasteiger charge is 2.51. The Kier molecular flexibility index (Phi) is 3.37. The van der Waals surface area contributed by atoms with Crippen LogP contribution in [0.5, 0.6) is 5.75 Å². The summed E-state index contributed by atoms with van der Waals surface area (Å²) in [5.74, 6) is 0.562. The van der Waals surface area contributed by atoms with Crippen molar-refractivity contribution in [2.45, 2.75) is 31.6 Å². The number of hydrogen-bond acceptors (Lipinski definition) is 4. The van der Waals surface area contributed by atoms with E-state index in [-0.39, 0.29) is 23.1 Å². The van der Waals surface area contributed by atoms with E-state index in [4.69, 9.17) is 9.47 Å². The fourth-order valence-electron chi connectivity index (χ4n) is 4.49. The third-order valence-corrected chi connectivity index (χ3v) is 5.74. The fraction of sp³-hybridized carbons (Fsp3) is 0.400. The van der Waals surface area contributed by atoms with Crippen LogP contribution in [0.25, 0.3) is 0 Å². The van der Waals surface area contributed by atoms with Crippen LogP contribution in [0.15, 0.2) is 42.0 Å². The van der Waals surface area contributed by atoms with Crippen molar-refractivity contribution in [1.82, 2.24) is 0 Å². The number of ketones is 1. The van der Waals surface area contributed by atoms with Gasteiger partial charge in [-0.1, -0.05) is 31.7 Å². The maximum Gasteiger partial charge on any atom is 0.334 e. The molecule has 1 aliphatic heterocycles. The maximum absolute atomic E-state index is 12.9. The van der Waals surface area contributed by atoms with Gasteiger partial charge in [0.25, 0.3) is 0 Å². The first-order valence-corrected chi connectivity index (χ1v) is 8.35. The molecule has 124 valence electrons. The molecule has 0 saturated heterocycles. The van der Waals surface area contributed by atoms with Gasteiger partial charge in [0.05, 0.1) is 5.56 Å². The summed E-state index contributed by atoms with van der Waals surface area (Å²) in [6.07, 6.45) is 3.65. The smallest absolute Gasteiger partial charge is 0.334 e. The van der Waals surface area contributed by atoms with Crippen LogP contribution in [0, 0.1) is 5.92 Å². The molecule has 0 radical (unpaired) electrons. The fourth-order valence-corrected chi connectivity index (χ4v) is 4.49. The molecule has 4 rings (SSSR count). The van der Waals surface area contributed by atoms with Crippen LogP contribution in [0.4, 0.5) is 0 Å². The molecule has 24 heavy (non-hydrogen) atoms. The molecule has 1 aromatic carbocycles. The molecule has 2 atom stereocenters. The van der Waals surface area contributed by atoms with Crippen molar-refractivity contribution in [3.63, 3.8) is 0 Å². The number of carbonyl (C=O) groups excluding carboxylic acids is 2. The zero-order valence-electron chi connectivity index (χ0n) is 13.8. The molecular formula is C20H20O4. The first-order chi connectivity index (χ1) is 11.6. The van der Waals surface area contributed by atoms with Crippen LogP contribution < -0.4 is 4.74 Å². The van der Waals surface area contributed by atoms with Gasteiger partial charge in [0.2, 0.25) is 0 Å². The largest absolute Gasteiger partial charge is 0.489 e. The number of rotatable bonds is 3. The number of cyclic esters (lactones) is 1. The maximum atomic E-state index is 12.9. The van der Waals surface area contributed by atoms with Gasteiger partial charge in [0.15, 0.2) is 5.78 Å². The molecule has 0 saturated carbocycles. The first kappa shape index (κ1) is 15.2. The van der Waals surface area contributed by atoms with Crippen LogP contribution in [0.3, 0.4) is 0 Å². The molecule has 0 unspecified atom stereocenters. The average molecular weight is 324 g/mol. The molecule has 0 aromatic heterocycles. The van der Waals surface area contributed by atoms with E-state index in [1.807, 2.05) is 18.2 Å². The van der Waals surface area contributed by atoms with Crippen molar-refractivity contribution >= 4 is 11.8 Å². The topological polar surface area (TPSA) is 52.6 Å². The van der Waals surface area contributed by atoms with E-state index in [0.29, 0.717) is 37.4 Å². The van der Waals surface area contributed by atoms with Crippen molar-refractivity contribution in [1.29, 1.82) is 0 Å². The highest BCUT2D eigenvalue weighted by atomic mass is 16.5.